The van der Waals surface area contributed by atoms with Crippen LogP contribution in [0.25, 0.3) is 0 Å². The van der Waals surface area contributed by atoms with Crippen LogP contribution in [0, 0.1) is 0 Å². The van der Waals surface area contributed by atoms with E-state index in [9.17, 15) is 8.42 Å². The van der Waals surface area contributed by atoms with Crippen LogP contribution < -0.4 is 0 Å². The van der Waals surface area contributed by atoms with Crippen LogP contribution >= 0.6 is 47.8 Å². The Morgan fingerprint density at radius 1 is 1.00 bits per heavy atom. The minimum atomic E-state index is -2.54. The fourth-order valence-corrected chi connectivity index (χ4v) is 3.00. The van der Waals surface area contributed by atoms with Gasteiger partial charge in [-0.25, -0.2) is 8.42 Å². The Morgan fingerprint density at radius 3 is 2.08 bits per heavy atom. The average molecular weight is 379 g/mol. The van der Waals surface area contributed by atoms with Gasteiger partial charge in [0, 0.05) is 8.95 Å². The summed E-state index contributed by atoms with van der Waals surface area (Å²) >= 11 is 9.66. The van der Waals surface area contributed by atoms with Crippen molar-refractivity contribution in [3.05, 3.63) is 25.6 Å². The van der Waals surface area contributed by atoms with Crippen molar-refractivity contribution in [2.75, 3.05) is 0 Å². The average Bonchev–Trinajstić information content (AvgIpc) is 2.00. The standard InChI is InChI=1S/C6H3Br3O2S/c7-3-1-2-4(12(10)11)6(9)5(3)8/h1-2,12H. The highest BCUT2D eigenvalue weighted by atomic mass is 79.9. The molecule has 66 valence electrons. The molecule has 1 aromatic rings. The van der Waals surface area contributed by atoms with Gasteiger partial charge in [0.05, 0.1) is 9.37 Å². The lowest BCUT2D eigenvalue weighted by molar-refractivity contribution is 0.614. The smallest absolute Gasteiger partial charge is 0.169 e. The summed E-state index contributed by atoms with van der Waals surface area (Å²) in [6.45, 7) is 0. The van der Waals surface area contributed by atoms with Gasteiger partial charge in [0.2, 0.25) is 0 Å². The minimum absolute atomic E-state index is 0.278. The maximum absolute atomic E-state index is 10.7. The van der Waals surface area contributed by atoms with Gasteiger partial charge in [-0.3, -0.25) is 0 Å². The lowest BCUT2D eigenvalue weighted by atomic mass is 10.4. The third-order valence-electron chi connectivity index (χ3n) is 1.21. The van der Waals surface area contributed by atoms with Crippen LogP contribution in [0.4, 0.5) is 0 Å². The van der Waals surface area contributed by atoms with Crippen molar-refractivity contribution >= 4 is 58.5 Å². The quantitative estimate of drug-likeness (QED) is 0.602. The van der Waals surface area contributed by atoms with E-state index >= 15 is 0 Å². The first-order valence-electron chi connectivity index (χ1n) is 2.82. The van der Waals surface area contributed by atoms with Gasteiger partial charge in [-0.1, -0.05) is 0 Å². The molecule has 1 aromatic carbocycles. The van der Waals surface area contributed by atoms with E-state index in [-0.39, 0.29) is 4.90 Å². The Labute approximate surface area is 96.7 Å². The molecular weight excluding hydrogens is 376 g/mol. The number of hydrogen-bond acceptors (Lipinski definition) is 2. The lowest BCUT2D eigenvalue weighted by Gasteiger charge is -2.01. The van der Waals surface area contributed by atoms with Crippen LogP contribution in [0.1, 0.15) is 0 Å². The fourth-order valence-electron chi connectivity index (χ4n) is 0.657. The van der Waals surface area contributed by atoms with Crippen LogP contribution in [-0.2, 0) is 10.7 Å². The van der Waals surface area contributed by atoms with E-state index in [1.807, 2.05) is 0 Å². The zero-order chi connectivity index (χ0) is 9.30. The first-order valence-corrected chi connectivity index (χ1v) is 6.37. The van der Waals surface area contributed by atoms with Gasteiger partial charge in [-0.15, -0.1) is 0 Å². The number of benzene rings is 1. The highest BCUT2D eigenvalue weighted by Gasteiger charge is 2.08. The van der Waals surface area contributed by atoms with E-state index in [1.54, 1.807) is 6.07 Å². The molecule has 0 saturated carbocycles. The zero-order valence-corrected chi connectivity index (χ0v) is 11.2. The summed E-state index contributed by atoms with van der Waals surface area (Å²) in [7, 11) is -2.54. The van der Waals surface area contributed by atoms with E-state index in [2.05, 4.69) is 47.8 Å². The zero-order valence-electron chi connectivity index (χ0n) is 5.55. The number of rotatable bonds is 1. The van der Waals surface area contributed by atoms with Crippen LogP contribution in [0.2, 0.25) is 0 Å². The summed E-state index contributed by atoms with van der Waals surface area (Å²) in [6, 6.07) is 3.21. The van der Waals surface area contributed by atoms with Crippen LogP contribution in [-0.4, -0.2) is 8.42 Å². The minimum Gasteiger partial charge on any atom is -0.227 e. The molecule has 0 amide bonds. The molecule has 2 nitrogen and oxygen atoms in total. The first-order chi connectivity index (χ1) is 5.54. The predicted octanol–water partition coefficient (Wildman–Crippen LogP) is 2.94. The molecule has 0 bridgehead atoms. The first kappa shape index (κ1) is 10.7. The lowest BCUT2D eigenvalue weighted by Crippen LogP contribution is -1.84. The molecule has 0 radical (unpaired) electrons. The third-order valence-corrected chi connectivity index (χ3v) is 5.66. The van der Waals surface area contributed by atoms with E-state index in [0.29, 0.717) is 8.95 Å². The molecule has 0 fully saturated rings. The molecule has 0 aliphatic rings. The summed E-state index contributed by atoms with van der Waals surface area (Å²) in [4.78, 5) is 0.278. The predicted molar refractivity (Wildman–Crippen MR) is 58.1 cm³/mol. The monoisotopic (exact) mass is 376 g/mol. The Morgan fingerprint density at radius 2 is 1.58 bits per heavy atom. The van der Waals surface area contributed by atoms with Crippen molar-refractivity contribution in [2.24, 2.45) is 0 Å². The maximum atomic E-state index is 10.7. The summed E-state index contributed by atoms with van der Waals surface area (Å²) in [5.41, 5.74) is 0. The van der Waals surface area contributed by atoms with Gasteiger partial charge in [-0.2, -0.15) is 0 Å². The molecule has 0 aromatic heterocycles. The molecule has 0 saturated heterocycles. The Balaban J connectivity index is 3.46. The Hall–Kier alpha value is 0.610. The fraction of sp³-hybridized carbons (Fsp3) is 0. The molecule has 0 aliphatic carbocycles. The van der Waals surface area contributed by atoms with Crippen LogP contribution in [0.3, 0.4) is 0 Å². The highest BCUT2D eigenvalue weighted by Crippen LogP contribution is 2.33. The van der Waals surface area contributed by atoms with Crippen molar-refractivity contribution < 1.29 is 8.42 Å². The highest BCUT2D eigenvalue weighted by molar-refractivity contribution is 9.14. The van der Waals surface area contributed by atoms with E-state index in [1.165, 1.54) is 6.07 Å². The van der Waals surface area contributed by atoms with Crippen molar-refractivity contribution in [3.8, 4) is 0 Å². The maximum Gasteiger partial charge on any atom is 0.169 e. The summed E-state index contributed by atoms with van der Waals surface area (Å²) in [5.74, 6) is 0. The molecule has 0 N–H and O–H groups in total. The second-order valence-corrected chi connectivity index (χ2v) is 5.39. The molecule has 0 aliphatic heterocycles. The molecule has 0 atom stereocenters. The number of halogens is 3. The largest absolute Gasteiger partial charge is 0.227 e. The van der Waals surface area contributed by atoms with Gasteiger partial charge in [0.15, 0.2) is 10.7 Å². The van der Waals surface area contributed by atoms with Gasteiger partial charge in [0.1, 0.15) is 0 Å². The van der Waals surface area contributed by atoms with E-state index in [4.69, 9.17) is 0 Å². The normalized spacial score (nSPS) is 10.7. The number of thiol groups is 1. The topological polar surface area (TPSA) is 34.1 Å². The molecular formula is C6H3Br3O2S. The van der Waals surface area contributed by atoms with Crippen molar-refractivity contribution in [3.63, 3.8) is 0 Å². The van der Waals surface area contributed by atoms with Gasteiger partial charge >= 0.3 is 0 Å². The van der Waals surface area contributed by atoms with Crippen LogP contribution in [0.5, 0.6) is 0 Å². The summed E-state index contributed by atoms with van der Waals surface area (Å²) in [6.07, 6.45) is 0. The summed E-state index contributed by atoms with van der Waals surface area (Å²) in [5, 5.41) is 0. The second kappa shape index (κ2) is 4.21. The molecule has 12 heavy (non-hydrogen) atoms. The third kappa shape index (κ3) is 2.10. The van der Waals surface area contributed by atoms with Gasteiger partial charge in [0.25, 0.3) is 0 Å². The molecule has 6 heteroatoms. The second-order valence-electron chi connectivity index (χ2n) is 1.95. The Kier molecular flexibility index (Phi) is 3.75. The van der Waals surface area contributed by atoms with Crippen molar-refractivity contribution in [1.29, 1.82) is 0 Å². The van der Waals surface area contributed by atoms with E-state index < -0.39 is 10.7 Å². The number of hydrogen-bond donors (Lipinski definition) is 1. The molecule has 0 heterocycles. The van der Waals surface area contributed by atoms with E-state index in [0.717, 1.165) is 4.47 Å². The molecule has 1 rings (SSSR count). The van der Waals surface area contributed by atoms with Gasteiger partial charge in [-0.05, 0) is 59.9 Å². The SMILES string of the molecule is O=[SH](=O)c1ccc(Br)c(Br)c1Br. The Bertz CT molecular complexity index is 379. The van der Waals surface area contributed by atoms with Crippen molar-refractivity contribution in [1.82, 2.24) is 0 Å². The molecule has 0 unspecified atom stereocenters. The van der Waals surface area contributed by atoms with Gasteiger partial charge < -0.3 is 0 Å². The summed E-state index contributed by atoms with van der Waals surface area (Å²) < 4.78 is 23.4. The van der Waals surface area contributed by atoms with Crippen LogP contribution in [0.15, 0.2) is 30.4 Å². The molecule has 0 spiro atoms. The van der Waals surface area contributed by atoms with Crippen molar-refractivity contribution in [2.45, 2.75) is 4.90 Å².